The van der Waals surface area contributed by atoms with Crippen LogP contribution in [0.5, 0.6) is 0 Å². The van der Waals surface area contributed by atoms with E-state index in [-0.39, 0.29) is 11.9 Å². The minimum Gasteiger partial charge on any atom is -0.284 e. The number of hydrogen-bond donors (Lipinski definition) is 2. The normalized spacial score (nSPS) is 19.3. The Balaban J connectivity index is 1.63. The molecule has 1 fully saturated rings. The maximum atomic E-state index is 13.0. The van der Waals surface area contributed by atoms with Crippen LogP contribution in [0.25, 0.3) is 0 Å². The summed E-state index contributed by atoms with van der Waals surface area (Å²) in [5.74, 6) is -0.232. The Morgan fingerprint density at radius 3 is 2.39 bits per heavy atom. The highest BCUT2D eigenvalue weighted by Crippen LogP contribution is 2.40. The Morgan fingerprint density at radius 1 is 1.06 bits per heavy atom. The van der Waals surface area contributed by atoms with E-state index in [0.29, 0.717) is 33.6 Å². The minimum atomic E-state index is -3.44. The number of hydrazone groups is 1. The first-order chi connectivity index (χ1) is 15.7. The molecule has 0 radical (unpaired) electrons. The predicted molar refractivity (Wildman–Crippen MR) is 132 cm³/mol. The molecule has 33 heavy (non-hydrogen) atoms. The number of piperidine rings is 1. The lowest BCUT2D eigenvalue weighted by molar-refractivity contribution is -0.119. The molecule has 2 aliphatic rings. The fourth-order valence-corrected chi connectivity index (χ4v) is 4.95. The predicted octanol–water partition coefficient (Wildman–Crippen LogP) is 4.19. The highest BCUT2D eigenvalue weighted by atomic mass is 35.5. The summed E-state index contributed by atoms with van der Waals surface area (Å²) in [5.41, 5.74) is 5.21. The van der Waals surface area contributed by atoms with Crippen LogP contribution in [0.15, 0.2) is 47.6 Å². The Kier molecular flexibility index (Phi) is 7.13. The minimum absolute atomic E-state index is 0.232. The molecule has 2 aliphatic heterocycles. The van der Waals surface area contributed by atoms with Gasteiger partial charge in [-0.15, -0.1) is 0 Å². The van der Waals surface area contributed by atoms with E-state index in [1.165, 1.54) is 12.5 Å². The average molecular weight is 510 g/mol. The van der Waals surface area contributed by atoms with Crippen molar-refractivity contribution < 1.29 is 13.2 Å². The van der Waals surface area contributed by atoms with Crippen molar-refractivity contribution in [3.05, 3.63) is 58.1 Å². The SMILES string of the molecule is CS(=O)(=O)Nc1ccc(N2N=C(C(=O)NN3CCCCC3)CC2c2ccc(Cl)cc2)c(Cl)c1. The van der Waals surface area contributed by atoms with Gasteiger partial charge in [-0.25, -0.2) is 13.4 Å². The van der Waals surface area contributed by atoms with Crippen molar-refractivity contribution >= 4 is 56.2 Å². The topological polar surface area (TPSA) is 94.1 Å². The lowest BCUT2D eigenvalue weighted by Crippen LogP contribution is -2.47. The van der Waals surface area contributed by atoms with Gasteiger partial charge in [0.15, 0.2) is 0 Å². The number of amides is 1. The summed E-state index contributed by atoms with van der Waals surface area (Å²) in [6, 6.07) is 11.9. The lowest BCUT2D eigenvalue weighted by atomic mass is 10.0. The molecule has 1 unspecified atom stereocenters. The molecule has 0 aliphatic carbocycles. The van der Waals surface area contributed by atoms with Gasteiger partial charge in [0, 0.05) is 24.5 Å². The van der Waals surface area contributed by atoms with E-state index < -0.39 is 10.0 Å². The van der Waals surface area contributed by atoms with Crippen LogP contribution in [-0.2, 0) is 14.8 Å². The first kappa shape index (κ1) is 23.8. The molecule has 2 aromatic rings. The molecule has 0 saturated carbocycles. The van der Waals surface area contributed by atoms with Crippen molar-refractivity contribution in [1.29, 1.82) is 0 Å². The van der Waals surface area contributed by atoms with Gasteiger partial charge in [0.2, 0.25) is 10.0 Å². The number of halogens is 2. The standard InChI is InChI=1S/C22H25Cl2N5O3S/c1-33(31,32)27-17-9-10-20(18(24)13-17)29-21(15-5-7-16(23)8-6-15)14-19(25-29)22(30)26-28-11-3-2-4-12-28/h5-10,13,21,27H,2-4,11-12,14H2,1H3,(H,26,30). The van der Waals surface area contributed by atoms with Crippen molar-refractivity contribution in [2.45, 2.75) is 31.7 Å². The van der Waals surface area contributed by atoms with Crippen LogP contribution in [-0.4, -0.2) is 44.4 Å². The summed E-state index contributed by atoms with van der Waals surface area (Å²) in [6.07, 6.45) is 4.73. The Labute approximate surface area is 203 Å². The zero-order valence-electron chi connectivity index (χ0n) is 18.1. The summed E-state index contributed by atoms with van der Waals surface area (Å²) in [6.45, 7) is 1.65. The number of anilines is 2. The summed E-state index contributed by atoms with van der Waals surface area (Å²) in [7, 11) is -3.44. The molecular formula is C22H25Cl2N5O3S. The van der Waals surface area contributed by atoms with Crippen LogP contribution in [0, 0.1) is 0 Å². The maximum absolute atomic E-state index is 13.0. The van der Waals surface area contributed by atoms with Gasteiger partial charge in [0.25, 0.3) is 5.91 Å². The Hall–Kier alpha value is -2.33. The second-order valence-electron chi connectivity index (χ2n) is 8.19. The number of hydrazine groups is 1. The number of nitrogens with one attached hydrogen (secondary N) is 2. The van der Waals surface area contributed by atoms with Crippen LogP contribution in [0.4, 0.5) is 11.4 Å². The molecule has 11 heteroatoms. The van der Waals surface area contributed by atoms with E-state index in [2.05, 4.69) is 15.2 Å². The molecule has 1 amide bonds. The molecule has 176 valence electrons. The molecule has 0 spiro atoms. The van der Waals surface area contributed by atoms with E-state index in [4.69, 9.17) is 23.2 Å². The molecule has 0 bridgehead atoms. The monoisotopic (exact) mass is 509 g/mol. The largest absolute Gasteiger partial charge is 0.284 e. The Bertz CT molecular complexity index is 1170. The summed E-state index contributed by atoms with van der Waals surface area (Å²) >= 11 is 12.6. The Morgan fingerprint density at radius 2 is 1.76 bits per heavy atom. The zero-order chi connectivity index (χ0) is 23.6. The smallest absolute Gasteiger partial charge is 0.281 e. The highest BCUT2D eigenvalue weighted by Gasteiger charge is 2.34. The quantitative estimate of drug-likeness (QED) is 0.608. The number of nitrogens with zero attached hydrogens (tertiary/aromatic N) is 3. The van der Waals surface area contributed by atoms with Crippen molar-refractivity contribution in [3.63, 3.8) is 0 Å². The number of carbonyl (C=O) groups is 1. The van der Waals surface area contributed by atoms with Crippen LogP contribution in [0.3, 0.4) is 0 Å². The zero-order valence-corrected chi connectivity index (χ0v) is 20.4. The molecule has 2 N–H and O–H groups in total. The van der Waals surface area contributed by atoms with Gasteiger partial charge in [0.05, 0.1) is 28.7 Å². The van der Waals surface area contributed by atoms with Crippen molar-refractivity contribution in [2.75, 3.05) is 29.1 Å². The van der Waals surface area contributed by atoms with Gasteiger partial charge in [-0.1, -0.05) is 41.8 Å². The number of hydrogen-bond acceptors (Lipinski definition) is 6. The van der Waals surface area contributed by atoms with E-state index in [1.54, 1.807) is 29.3 Å². The third kappa shape index (κ3) is 5.97. The van der Waals surface area contributed by atoms with Crippen LogP contribution in [0.2, 0.25) is 10.0 Å². The molecule has 4 rings (SSSR count). The van der Waals surface area contributed by atoms with Crippen molar-refractivity contribution in [3.8, 4) is 0 Å². The summed E-state index contributed by atoms with van der Waals surface area (Å²) in [5, 5.41) is 9.19. The molecule has 8 nitrogen and oxygen atoms in total. The van der Waals surface area contributed by atoms with Gasteiger partial charge in [-0.05, 0) is 48.7 Å². The molecule has 1 saturated heterocycles. The molecule has 2 aromatic carbocycles. The molecular weight excluding hydrogens is 485 g/mol. The highest BCUT2D eigenvalue weighted by molar-refractivity contribution is 7.92. The lowest BCUT2D eigenvalue weighted by Gasteiger charge is -2.26. The van der Waals surface area contributed by atoms with E-state index in [0.717, 1.165) is 37.8 Å². The van der Waals surface area contributed by atoms with Crippen molar-refractivity contribution in [2.24, 2.45) is 5.10 Å². The first-order valence-electron chi connectivity index (χ1n) is 10.6. The fourth-order valence-electron chi connectivity index (χ4n) is 4.00. The second-order valence-corrected chi connectivity index (χ2v) is 10.8. The number of carbonyl (C=O) groups excluding carboxylic acids is 1. The van der Waals surface area contributed by atoms with Crippen LogP contribution < -0.4 is 15.2 Å². The second kappa shape index (κ2) is 9.89. The number of sulfonamides is 1. The van der Waals surface area contributed by atoms with Gasteiger partial charge in [-0.2, -0.15) is 5.10 Å². The average Bonchev–Trinajstić information content (AvgIpc) is 3.19. The molecule has 2 heterocycles. The van der Waals surface area contributed by atoms with E-state index in [9.17, 15) is 13.2 Å². The summed E-state index contributed by atoms with van der Waals surface area (Å²) < 4.78 is 25.5. The van der Waals surface area contributed by atoms with Gasteiger partial charge >= 0.3 is 0 Å². The third-order valence-electron chi connectivity index (χ3n) is 5.54. The molecule has 0 aromatic heterocycles. The fraction of sp³-hybridized carbons (Fsp3) is 0.364. The first-order valence-corrected chi connectivity index (χ1v) is 13.3. The van der Waals surface area contributed by atoms with Crippen molar-refractivity contribution in [1.82, 2.24) is 10.4 Å². The summed E-state index contributed by atoms with van der Waals surface area (Å²) in [4.78, 5) is 13.0. The van der Waals surface area contributed by atoms with Gasteiger partial charge in [-0.3, -0.25) is 20.0 Å². The number of benzene rings is 2. The van der Waals surface area contributed by atoms with Gasteiger partial charge < -0.3 is 0 Å². The van der Waals surface area contributed by atoms with Crippen LogP contribution >= 0.6 is 23.2 Å². The number of rotatable bonds is 6. The van der Waals surface area contributed by atoms with Crippen LogP contribution in [0.1, 0.15) is 37.3 Å². The molecule has 1 atom stereocenters. The van der Waals surface area contributed by atoms with E-state index >= 15 is 0 Å². The third-order valence-corrected chi connectivity index (χ3v) is 6.70. The maximum Gasteiger partial charge on any atom is 0.281 e. The van der Waals surface area contributed by atoms with E-state index in [1.807, 2.05) is 17.1 Å². The van der Waals surface area contributed by atoms with Gasteiger partial charge in [0.1, 0.15) is 5.71 Å².